The highest BCUT2D eigenvalue weighted by molar-refractivity contribution is 7.86. The van der Waals surface area contributed by atoms with Crippen molar-refractivity contribution >= 4 is 50.2 Å². The molecule has 0 bridgehead atoms. The van der Waals surface area contributed by atoms with Crippen LogP contribution in [0.15, 0.2) is 60.7 Å². The molecule has 164 valence electrons. The zero-order valence-corrected chi connectivity index (χ0v) is 19.0. The number of para-hydroxylation sites is 1. The summed E-state index contributed by atoms with van der Waals surface area (Å²) in [4.78, 5) is 16.5. The largest absolute Gasteiger partial charge is 0.351 e. The number of nitrogens with two attached hydrogens (primary N) is 1. The number of hydrogen-bond acceptors (Lipinski definition) is 3. The molecule has 31 heavy (non-hydrogen) atoms. The number of nitrogens with one attached hydrogen (secondary N) is 2. The van der Waals surface area contributed by atoms with E-state index in [1.807, 2.05) is 30.3 Å². The number of halogens is 2. The van der Waals surface area contributed by atoms with E-state index in [0.717, 1.165) is 15.2 Å². The fourth-order valence-electron chi connectivity index (χ4n) is 4.30. The van der Waals surface area contributed by atoms with E-state index in [-0.39, 0.29) is 6.54 Å². The van der Waals surface area contributed by atoms with E-state index in [2.05, 4.69) is 10.3 Å². The molecule has 4 rings (SSSR count). The Morgan fingerprint density at radius 1 is 1.16 bits per heavy atom. The average Bonchev–Trinajstić information content (AvgIpc) is 3.18. The van der Waals surface area contributed by atoms with Crippen LogP contribution < -0.4 is 10.5 Å². The van der Waals surface area contributed by atoms with Gasteiger partial charge in [0, 0.05) is 17.4 Å². The van der Waals surface area contributed by atoms with Gasteiger partial charge in [-0.05, 0) is 24.6 Å². The fraction of sp³-hybridized carbons (Fsp3) is 0.286. The fourth-order valence-corrected chi connectivity index (χ4v) is 6.15. The van der Waals surface area contributed by atoms with Gasteiger partial charge >= 0.3 is 0 Å². The molecule has 0 aliphatic carbocycles. The van der Waals surface area contributed by atoms with Crippen molar-refractivity contribution in [2.45, 2.75) is 29.3 Å². The minimum atomic E-state index is -4.10. The number of rotatable bonds is 4. The number of carbonyl (C=O) groups excluding carboxylic acids is 1. The highest BCUT2D eigenvalue weighted by atomic mass is 35.5. The number of nitrogens with zero attached hydrogens (tertiary/aromatic N) is 1. The maximum Gasteiger partial charge on any atom is 0.277 e. The van der Waals surface area contributed by atoms with Crippen molar-refractivity contribution in [3.63, 3.8) is 0 Å². The lowest BCUT2D eigenvalue weighted by molar-refractivity contribution is 0.0755. The first-order valence-corrected chi connectivity index (χ1v) is 12.1. The van der Waals surface area contributed by atoms with Gasteiger partial charge in [-0.25, -0.2) is 5.14 Å². The van der Waals surface area contributed by atoms with Gasteiger partial charge in [0.25, 0.3) is 16.1 Å². The van der Waals surface area contributed by atoms with Gasteiger partial charge < -0.3 is 10.3 Å². The van der Waals surface area contributed by atoms with Gasteiger partial charge in [0.2, 0.25) is 0 Å². The number of alkyl halides is 2. The lowest BCUT2D eigenvalue weighted by Crippen LogP contribution is -2.71. The highest BCUT2D eigenvalue weighted by Gasteiger charge is 2.56. The molecule has 1 aromatic heterocycles. The number of benzene rings is 2. The van der Waals surface area contributed by atoms with Gasteiger partial charge in [0.1, 0.15) is 5.69 Å². The molecular formula is C21H22Cl2N4O3S. The summed E-state index contributed by atoms with van der Waals surface area (Å²) in [6.45, 7) is 1.60. The van der Waals surface area contributed by atoms with Gasteiger partial charge in [-0.1, -0.05) is 48.5 Å². The predicted molar refractivity (Wildman–Crippen MR) is 122 cm³/mol. The van der Waals surface area contributed by atoms with Crippen molar-refractivity contribution in [1.82, 2.24) is 14.6 Å². The second-order valence-corrected chi connectivity index (χ2v) is 10.2. The van der Waals surface area contributed by atoms with Crippen molar-refractivity contribution in [2.75, 3.05) is 6.54 Å². The summed E-state index contributed by atoms with van der Waals surface area (Å²) < 4.78 is 25.7. The van der Waals surface area contributed by atoms with Crippen molar-refractivity contribution in [1.29, 1.82) is 0 Å². The van der Waals surface area contributed by atoms with Crippen molar-refractivity contribution in [3.05, 3.63) is 71.9 Å². The number of piperidine rings is 1. The molecule has 0 spiro atoms. The number of fused-ring (bicyclic) bond motifs is 1. The zero-order valence-electron chi connectivity index (χ0n) is 16.6. The van der Waals surface area contributed by atoms with Crippen LogP contribution >= 0.6 is 23.2 Å². The van der Waals surface area contributed by atoms with Crippen molar-refractivity contribution < 1.29 is 13.2 Å². The van der Waals surface area contributed by atoms with Gasteiger partial charge in [-0.3, -0.25) is 4.79 Å². The van der Waals surface area contributed by atoms with Crippen molar-refractivity contribution in [2.24, 2.45) is 5.14 Å². The Kier molecular flexibility index (Phi) is 5.78. The molecule has 0 saturated carbocycles. The number of hydrogen-bond donors (Lipinski definition) is 3. The average molecular weight is 481 g/mol. The monoisotopic (exact) mass is 480 g/mol. The van der Waals surface area contributed by atoms with Gasteiger partial charge in [-0.15, -0.1) is 23.2 Å². The standard InChI is InChI=1S/C21H22Cl2N4O3S/c1-13-21(15-8-3-2-4-9-15,19(23)16(22)12-27(13)31(24,29)30)26-20(28)18-11-14-7-5-6-10-17(14)25-18/h2-11,13,16,19,25H,12H2,1H3,(H,26,28)(H2,24,29,30). The third-order valence-electron chi connectivity index (χ3n) is 5.87. The number of carbonyl (C=O) groups is 1. The first kappa shape index (κ1) is 22.1. The first-order valence-electron chi connectivity index (χ1n) is 9.68. The maximum atomic E-state index is 13.4. The molecule has 2 heterocycles. The minimum absolute atomic E-state index is 0.0629. The van der Waals surface area contributed by atoms with Gasteiger partial charge in [0.15, 0.2) is 0 Å². The lowest BCUT2D eigenvalue weighted by atomic mass is 9.76. The third-order valence-corrected chi connectivity index (χ3v) is 8.16. The van der Waals surface area contributed by atoms with Gasteiger partial charge in [-0.2, -0.15) is 12.7 Å². The van der Waals surface area contributed by atoms with E-state index in [1.54, 1.807) is 37.3 Å². The Balaban J connectivity index is 1.84. The molecule has 1 aliphatic rings. The summed E-state index contributed by atoms with van der Waals surface area (Å²) >= 11 is 13.3. The predicted octanol–water partition coefficient (Wildman–Crippen LogP) is 2.92. The molecule has 1 fully saturated rings. The van der Waals surface area contributed by atoms with Crippen LogP contribution in [0.3, 0.4) is 0 Å². The van der Waals surface area contributed by atoms with E-state index in [9.17, 15) is 13.2 Å². The summed E-state index contributed by atoms with van der Waals surface area (Å²) in [5.74, 6) is -0.433. The normalized spacial score (nSPS) is 27.3. The van der Waals surface area contributed by atoms with Crippen LogP contribution in [-0.4, -0.2) is 47.0 Å². The van der Waals surface area contributed by atoms with E-state index in [0.29, 0.717) is 11.3 Å². The molecule has 0 radical (unpaired) electrons. The van der Waals surface area contributed by atoms with Crippen LogP contribution in [0.5, 0.6) is 0 Å². The lowest BCUT2D eigenvalue weighted by Gasteiger charge is -2.52. The van der Waals surface area contributed by atoms with E-state index in [1.165, 1.54) is 0 Å². The maximum absolute atomic E-state index is 13.4. The summed E-state index contributed by atoms with van der Waals surface area (Å²) in [7, 11) is -4.10. The molecular weight excluding hydrogens is 459 g/mol. The molecule has 2 aromatic carbocycles. The van der Waals surface area contributed by atoms with E-state index in [4.69, 9.17) is 28.3 Å². The SMILES string of the molecule is CC1N(S(N)(=O)=O)CC(Cl)C(Cl)C1(NC(=O)c1cc2ccccc2[nH]1)c1ccccc1. The summed E-state index contributed by atoms with van der Waals surface area (Å²) in [6, 6.07) is 17.4. The number of amides is 1. The molecule has 3 aromatic rings. The third kappa shape index (κ3) is 3.83. The molecule has 7 nitrogen and oxygen atoms in total. The Morgan fingerprint density at radius 2 is 1.81 bits per heavy atom. The Labute approximate surface area is 190 Å². The second kappa shape index (κ2) is 8.11. The molecule has 4 atom stereocenters. The van der Waals surface area contributed by atoms with Crippen LogP contribution in [0.1, 0.15) is 23.0 Å². The molecule has 1 saturated heterocycles. The second-order valence-electron chi connectivity index (χ2n) is 7.67. The van der Waals surface area contributed by atoms with Crippen LogP contribution in [0.4, 0.5) is 0 Å². The summed E-state index contributed by atoms with van der Waals surface area (Å²) in [5, 5.41) is 7.76. The van der Waals surface area contributed by atoms with E-state index >= 15 is 0 Å². The molecule has 1 aliphatic heterocycles. The van der Waals surface area contributed by atoms with E-state index < -0.39 is 38.5 Å². The Hall–Kier alpha value is -2.10. The quantitative estimate of drug-likeness (QED) is 0.499. The highest BCUT2D eigenvalue weighted by Crippen LogP contribution is 2.43. The van der Waals surface area contributed by atoms with Crippen LogP contribution in [0.25, 0.3) is 10.9 Å². The van der Waals surface area contributed by atoms with Crippen LogP contribution in [0.2, 0.25) is 0 Å². The van der Waals surface area contributed by atoms with Crippen LogP contribution in [0, 0.1) is 0 Å². The summed E-state index contributed by atoms with van der Waals surface area (Å²) in [5.41, 5.74) is 0.438. The number of aromatic amines is 1. The topological polar surface area (TPSA) is 108 Å². The molecule has 4 unspecified atom stereocenters. The summed E-state index contributed by atoms with van der Waals surface area (Å²) in [6.07, 6.45) is 0. The number of H-pyrrole nitrogens is 1. The first-order chi connectivity index (χ1) is 14.6. The Morgan fingerprint density at radius 3 is 2.45 bits per heavy atom. The van der Waals surface area contributed by atoms with Crippen LogP contribution in [-0.2, 0) is 15.7 Å². The molecule has 4 N–H and O–H groups in total. The molecule has 1 amide bonds. The smallest absolute Gasteiger partial charge is 0.277 e. The molecule has 10 heteroatoms. The van der Waals surface area contributed by atoms with Gasteiger partial charge in [0.05, 0.1) is 22.3 Å². The Bertz CT molecular complexity index is 1180. The minimum Gasteiger partial charge on any atom is -0.351 e. The number of aromatic nitrogens is 1. The van der Waals surface area contributed by atoms with Crippen molar-refractivity contribution in [3.8, 4) is 0 Å². The zero-order chi connectivity index (χ0) is 22.4.